The predicted octanol–water partition coefficient (Wildman–Crippen LogP) is -2.01. The number of aromatic nitrogens is 2. The molecule has 0 radical (unpaired) electrons. The molecular weight excluding hydrogens is 490 g/mol. The molecule has 10 N–H and O–H groups in total. The number of carboxylic acids is 2. The van der Waals surface area contributed by atoms with Gasteiger partial charge in [0.1, 0.15) is 18.1 Å². The van der Waals surface area contributed by atoms with Crippen LogP contribution >= 0.6 is 0 Å². The van der Waals surface area contributed by atoms with E-state index < -0.39 is 66.2 Å². The molecule has 0 saturated carbocycles. The Balaban J connectivity index is 3.07. The minimum absolute atomic E-state index is 0.0450. The van der Waals surface area contributed by atoms with Gasteiger partial charge in [0.05, 0.1) is 12.4 Å². The van der Waals surface area contributed by atoms with E-state index in [1.807, 2.05) is 0 Å². The van der Waals surface area contributed by atoms with Crippen LogP contribution in [0.5, 0.6) is 0 Å². The molecule has 37 heavy (non-hydrogen) atoms. The van der Waals surface area contributed by atoms with Crippen molar-refractivity contribution in [3.63, 3.8) is 0 Å². The number of nitrogens with zero attached hydrogens (tertiary/aromatic N) is 1. The van der Waals surface area contributed by atoms with E-state index in [1.54, 1.807) is 13.8 Å². The molecule has 4 amide bonds. The number of aromatic amines is 1. The topological polar surface area (TPSA) is 260 Å². The zero-order valence-electron chi connectivity index (χ0n) is 20.7. The van der Waals surface area contributed by atoms with Crippen molar-refractivity contribution in [1.29, 1.82) is 0 Å². The second-order valence-electron chi connectivity index (χ2n) is 8.98. The molecule has 15 nitrogen and oxygen atoms in total. The smallest absolute Gasteiger partial charge is 0.326 e. The van der Waals surface area contributed by atoms with Crippen LogP contribution in [0.2, 0.25) is 0 Å². The van der Waals surface area contributed by atoms with Crippen LogP contribution < -0.4 is 27.4 Å². The quantitative estimate of drug-likeness (QED) is 0.111. The number of carbonyl (C=O) groups is 6. The van der Waals surface area contributed by atoms with E-state index in [0.29, 0.717) is 5.69 Å². The fourth-order valence-electron chi connectivity index (χ4n) is 3.31. The lowest BCUT2D eigenvalue weighted by atomic mass is 10.0. The molecule has 0 saturated heterocycles. The van der Waals surface area contributed by atoms with E-state index in [2.05, 4.69) is 25.9 Å². The van der Waals surface area contributed by atoms with Crippen LogP contribution in [-0.2, 0) is 35.2 Å². The summed E-state index contributed by atoms with van der Waals surface area (Å²) in [6.45, 7) is 3.58. The van der Waals surface area contributed by atoms with E-state index in [4.69, 9.17) is 16.6 Å². The molecular formula is C22H35N7O8. The Bertz CT molecular complexity index is 951. The molecule has 0 aliphatic carbocycles. The Morgan fingerprint density at radius 1 is 0.919 bits per heavy atom. The third-order valence-corrected chi connectivity index (χ3v) is 5.25. The lowest BCUT2D eigenvalue weighted by Gasteiger charge is -2.25. The van der Waals surface area contributed by atoms with Crippen molar-refractivity contribution in [2.45, 2.75) is 76.5 Å². The normalized spacial score (nSPS) is 14.2. The maximum atomic E-state index is 13.1. The van der Waals surface area contributed by atoms with Crippen LogP contribution in [0.4, 0.5) is 0 Å². The van der Waals surface area contributed by atoms with E-state index >= 15 is 0 Å². The van der Waals surface area contributed by atoms with Crippen molar-refractivity contribution in [2.24, 2.45) is 17.4 Å². The zero-order valence-corrected chi connectivity index (χ0v) is 20.7. The molecule has 1 aromatic heterocycles. The monoisotopic (exact) mass is 525 g/mol. The van der Waals surface area contributed by atoms with Gasteiger partial charge in [-0.05, 0) is 25.2 Å². The average molecular weight is 526 g/mol. The Morgan fingerprint density at radius 2 is 1.51 bits per heavy atom. The van der Waals surface area contributed by atoms with Crippen molar-refractivity contribution < 1.29 is 39.0 Å². The van der Waals surface area contributed by atoms with Gasteiger partial charge in [-0.2, -0.15) is 0 Å². The summed E-state index contributed by atoms with van der Waals surface area (Å²) in [4.78, 5) is 78.8. The second-order valence-corrected chi connectivity index (χ2v) is 8.98. The number of nitrogens with one attached hydrogen (secondary N) is 4. The number of amides is 4. The summed E-state index contributed by atoms with van der Waals surface area (Å²) in [5.74, 6) is -5.68. The molecule has 0 fully saturated rings. The van der Waals surface area contributed by atoms with Crippen molar-refractivity contribution in [3.8, 4) is 0 Å². The largest absolute Gasteiger partial charge is 0.481 e. The number of nitrogens with two attached hydrogens (primary N) is 2. The zero-order chi connectivity index (χ0) is 28.1. The third kappa shape index (κ3) is 12.0. The molecule has 206 valence electrons. The Labute approximate surface area is 213 Å². The summed E-state index contributed by atoms with van der Waals surface area (Å²) in [6.07, 6.45) is 1.75. The number of aliphatic carboxylic acids is 2. The van der Waals surface area contributed by atoms with Crippen LogP contribution in [0, 0.1) is 5.92 Å². The van der Waals surface area contributed by atoms with Gasteiger partial charge in [0, 0.05) is 31.2 Å². The summed E-state index contributed by atoms with van der Waals surface area (Å²) in [6, 6.07) is -5.07. The van der Waals surface area contributed by atoms with Gasteiger partial charge in [0.2, 0.25) is 23.6 Å². The molecule has 4 unspecified atom stereocenters. The highest BCUT2D eigenvalue weighted by Crippen LogP contribution is 2.08. The summed E-state index contributed by atoms with van der Waals surface area (Å²) < 4.78 is 0. The maximum Gasteiger partial charge on any atom is 0.326 e. The van der Waals surface area contributed by atoms with Crippen LogP contribution in [0.1, 0.15) is 51.6 Å². The van der Waals surface area contributed by atoms with Crippen molar-refractivity contribution in [2.75, 3.05) is 0 Å². The summed E-state index contributed by atoms with van der Waals surface area (Å²) >= 11 is 0. The first-order valence-electron chi connectivity index (χ1n) is 11.7. The molecule has 0 bridgehead atoms. The van der Waals surface area contributed by atoms with Crippen LogP contribution in [0.25, 0.3) is 0 Å². The third-order valence-electron chi connectivity index (χ3n) is 5.25. The summed E-state index contributed by atoms with van der Waals surface area (Å²) in [7, 11) is 0. The minimum Gasteiger partial charge on any atom is -0.481 e. The molecule has 1 rings (SSSR count). The van der Waals surface area contributed by atoms with Gasteiger partial charge in [0.25, 0.3) is 0 Å². The van der Waals surface area contributed by atoms with Gasteiger partial charge < -0.3 is 42.6 Å². The fourth-order valence-corrected chi connectivity index (χ4v) is 3.31. The van der Waals surface area contributed by atoms with E-state index in [-0.39, 0.29) is 38.0 Å². The summed E-state index contributed by atoms with van der Waals surface area (Å²) in [5.41, 5.74) is 11.2. The molecule has 0 spiro atoms. The first kappa shape index (κ1) is 31.0. The molecule has 1 heterocycles. The number of imidazole rings is 1. The van der Waals surface area contributed by atoms with E-state index in [1.165, 1.54) is 12.5 Å². The van der Waals surface area contributed by atoms with Gasteiger partial charge in [-0.1, -0.05) is 13.8 Å². The standard InChI is InChI=1S/C22H35N7O8/c1-11(2)7-16(22(36)37)29-21(35)15(8-12-9-25-10-26-12)28-20(34)14(4-6-18(31)32)27-19(33)13(23)3-5-17(24)30/h9-11,13-16H,3-8,23H2,1-2H3,(H2,24,30)(H,25,26)(H,27,33)(H,28,34)(H,29,35)(H,31,32)(H,36,37). The molecule has 0 aliphatic rings. The predicted molar refractivity (Wildman–Crippen MR) is 128 cm³/mol. The maximum absolute atomic E-state index is 13.1. The lowest BCUT2D eigenvalue weighted by molar-refractivity contribution is -0.142. The lowest BCUT2D eigenvalue weighted by Crippen LogP contribution is -2.57. The van der Waals surface area contributed by atoms with Crippen LogP contribution in [0.15, 0.2) is 12.5 Å². The van der Waals surface area contributed by atoms with Crippen LogP contribution in [0.3, 0.4) is 0 Å². The van der Waals surface area contributed by atoms with Crippen LogP contribution in [-0.4, -0.2) is 79.9 Å². The molecule has 0 aliphatic heterocycles. The number of carboxylic acid groups (broad SMARTS) is 2. The number of hydrogen-bond acceptors (Lipinski definition) is 8. The minimum atomic E-state index is -1.38. The van der Waals surface area contributed by atoms with Gasteiger partial charge in [-0.15, -0.1) is 0 Å². The second kappa shape index (κ2) is 15.2. The highest BCUT2D eigenvalue weighted by Gasteiger charge is 2.31. The van der Waals surface area contributed by atoms with Gasteiger partial charge in [-0.25, -0.2) is 9.78 Å². The van der Waals surface area contributed by atoms with Crippen molar-refractivity contribution in [3.05, 3.63) is 18.2 Å². The molecule has 4 atom stereocenters. The highest BCUT2D eigenvalue weighted by molar-refractivity contribution is 5.94. The van der Waals surface area contributed by atoms with Gasteiger partial charge in [-0.3, -0.25) is 24.0 Å². The first-order valence-corrected chi connectivity index (χ1v) is 11.7. The van der Waals surface area contributed by atoms with Crippen molar-refractivity contribution in [1.82, 2.24) is 25.9 Å². The summed E-state index contributed by atoms with van der Waals surface area (Å²) in [5, 5.41) is 25.7. The molecule has 15 heteroatoms. The SMILES string of the molecule is CC(C)CC(NC(=O)C(Cc1cnc[nH]1)NC(=O)C(CCC(=O)O)NC(=O)C(N)CCC(N)=O)C(=O)O. The average Bonchev–Trinajstić information content (AvgIpc) is 3.31. The highest BCUT2D eigenvalue weighted by atomic mass is 16.4. The Kier molecular flexibility index (Phi) is 12.7. The fraction of sp³-hybridized carbons (Fsp3) is 0.591. The Morgan fingerprint density at radius 3 is 2.03 bits per heavy atom. The van der Waals surface area contributed by atoms with E-state index in [0.717, 1.165) is 0 Å². The number of primary amides is 1. The number of rotatable bonds is 17. The van der Waals surface area contributed by atoms with Gasteiger partial charge in [0.15, 0.2) is 0 Å². The molecule has 0 aromatic carbocycles. The van der Waals surface area contributed by atoms with E-state index in [9.17, 15) is 33.9 Å². The molecule has 1 aromatic rings. The van der Waals surface area contributed by atoms with Crippen molar-refractivity contribution >= 4 is 35.6 Å². The first-order chi connectivity index (χ1) is 17.3. The number of hydrogen-bond donors (Lipinski definition) is 8. The Hall–Kier alpha value is -4.01. The number of H-pyrrole nitrogens is 1. The van der Waals surface area contributed by atoms with Gasteiger partial charge >= 0.3 is 11.9 Å². The number of carbonyl (C=O) groups excluding carboxylic acids is 4.